The number of halogens is 3. The second kappa shape index (κ2) is 11.4. The van der Waals surface area contributed by atoms with Crippen LogP contribution in [0, 0.1) is 11.3 Å². The fourth-order valence-corrected chi connectivity index (χ4v) is 5.42. The lowest BCUT2D eigenvalue weighted by molar-refractivity contribution is -0.137. The van der Waals surface area contributed by atoms with Gasteiger partial charge in [-0.25, -0.2) is 4.79 Å². The van der Waals surface area contributed by atoms with Crippen LogP contribution in [0.15, 0.2) is 91.1 Å². The summed E-state index contributed by atoms with van der Waals surface area (Å²) in [6, 6.07) is 24.6. The van der Waals surface area contributed by atoms with Gasteiger partial charge in [0.1, 0.15) is 0 Å². The minimum Gasteiger partial charge on any atom is -0.478 e. The number of carboxylic acids is 1. The van der Waals surface area contributed by atoms with Gasteiger partial charge in [0, 0.05) is 35.2 Å². The molecule has 5 aromatic rings. The molecule has 220 valence electrons. The van der Waals surface area contributed by atoms with Crippen LogP contribution in [0.1, 0.15) is 67.4 Å². The molecule has 0 saturated heterocycles. The Kier molecular flexibility index (Phi) is 7.43. The Bertz CT molecular complexity index is 1910. The van der Waals surface area contributed by atoms with Gasteiger partial charge in [0.05, 0.1) is 22.8 Å². The number of amides is 1. The summed E-state index contributed by atoms with van der Waals surface area (Å²) in [4.78, 5) is 25.1. The van der Waals surface area contributed by atoms with E-state index in [0.29, 0.717) is 23.1 Å². The Morgan fingerprint density at radius 2 is 1.57 bits per heavy atom. The summed E-state index contributed by atoms with van der Waals surface area (Å²) in [7, 11) is 0. The number of carboxylic acid groups (broad SMARTS) is 1. The minimum absolute atomic E-state index is 0.145. The molecule has 1 aliphatic carbocycles. The molecule has 0 radical (unpaired) electrons. The molecule has 6 rings (SSSR count). The first-order valence-corrected chi connectivity index (χ1v) is 14.1. The number of benzene rings is 4. The quantitative estimate of drug-likeness (QED) is 0.192. The molecule has 0 atom stereocenters. The van der Waals surface area contributed by atoms with Crippen LogP contribution >= 0.6 is 0 Å². The summed E-state index contributed by atoms with van der Waals surface area (Å²) >= 11 is 0. The van der Waals surface area contributed by atoms with E-state index >= 15 is 0 Å². The van der Waals surface area contributed by atoms with E-state index in [2.05, 4.69) is 16.0 Å². The fraction of sp³-hybridized carbons (Fsp3) is 0.171. The summed E-state index contributed by atoms with van der Waals surface area (Å²) in [5.41, 5.74) is 5.08. The lowest BCUT2D eigenvalue weighted by atomic mass is 9.95. The van der Waals surface area contributed by atoms with Crippen LogP contribution in [0.4, 0.5) is 13.2 Å². The van der Waals surface area contributed by atoms with Crippen molar-refractivity contribution in [2.45, 2.75) is 38.0 Å². The molecule has 0 spiro atoms. The van der Waals surface area contributed by atoms with Crippen molar-refractivity contribution < 1.29 is 27.9 Å². The topological polar surface area (TPSA) is 95.1 Å². The highest BCUT2D eigenvalue weighted by Gasteiger charge is 2.31. The molecule has 1 saturated carbocycles. The van der Waals surface area contributed by atoms with Gasteiger partial charge >= 0.3 is 12.1 Å². The number of rotatable bonds is 8. The number of nitriles is 1. The normalized spacial score (nSPS) is 13.0. The van der Waals surface area contributed by atoms with Crippen molar-refractivity contribution in [2.75, 3.05) is 0 Å². The van der Waals surface area contributed by atoms with E-state index in [1.165, 1.54) is 24.3 Å². The molecule has 1 fully saturated rings. The minimum atomic E-state index is -4.43. The van der Waals surface area contributed by atoms with Crippen molar-refractivity contribution in [2.24, 2.45) is 0 Å². The molecule has 0 aliphatic heterocycles. The zero-order chi connectivity index (χ0) is 31.0. The number of nitrogens with zero attached hydrogens (tertiary/aromatic N) is 2. The van der Waals surface area contributed by atoms with Crippen LogP contribution in [-0.2, 0) is 19.1 Å². The predicted molar refractivity (Wildman–Crippen MR) is 159 cm³/mol. The summed E-state index contributed by atoms with van der Waals surface area (Å²) < 4.78 is 41.7. The average Bonchev–Trinajstić information content (AvgIpc) is 3.81. The van der Waals surface area contributed by atoms with E-state index in [1.54, 1.807) is 30.3 Å². The van der Waals surface area contributed by atoms with Crippen LogP contribution in [0.3, 0.4) is 0 Å². The van der Waals surface area contributed by atoms with Crippen LogP contribution in [0.5, 0.6) is 0 Å². The number of alkyl halides is 3. The maximum absolute atomic E-state index is 13.9. The average molecular weight is 594 g/mol. The van der Waals surface area contributed by atoms with Crippen LogP contribution in [0.2, 0.25) is 0 Å². The lowest BCUT2D eigenvalue weighted by Crippen LogP contribution is -2.23. The van der Waals surface area contributed by atoms with Gasteiger partial charge in [-0.3, -0.25) is 4.79 Å². The number of carbonyl (C=O) groups is 2. The Hall–Kier alpha value is -5.36. The SMILES string of the molecule is N#Cc1ccc(-c2cc(C(=O)NCc3ccc(C(=O)O)cc3)c3c(Cc4ccc(C(F)(F)F)cc4)cn(C4CC4)c3c2)cc1. The molecule has 6 nitrogen and oxygen atoms in total. The molecule has 0 bridgehead atoms. The standard InChI is InChI=1S/C35H26F3N3O3/c36-35(37,38)28-11-5-21(6-12-28)15-27-20-41(29-13-14-29)31-17-26(24-7-1-22(18-39)2-8-24)16-30(32(27)31)33(42)40-19-23-3-9-25(10-4-23)34(43)44/h1-12,16-17,20,29H,13-15,19H2,(H,40,42)(H,43,44). The van der Waals surface area contributed by atoms with Gasteiger partial charge in [-0.15, -0.1) is 0 Å². The maximum atomic E-state index is 13.9. The van der Waals surface area contributed by atoms with Gasteiger partial charge in [0.15, 0.2) is 0 Å². The number of nitrogens with one attached hydrogen (secondary N) is 1. The van der Waals surface area contributed by atoms with Crippen LogP contribution in [0.25, 0.3) is 22.0 Å². The van der Waals surface area contributed by atoms with Crippen LogP contribution < -0.4 is 5.32 Å². The summed E-state index contributed by atoms with van der Waals surface area (Å²) in [6.45, 7) is 0.166. The predicted octanol–water partition coefficient (Wildman–Crippen LogP) is 7.75. The molecule has 9 heteroatoms. The number of aromatic carboxylic acids is 1. The molecule has 4 aromatic carbocycles. The first-order chi connectivity index (χ1) is 21.1. The molecule has 1 heterocycles. The van der Waals surface area contributed by atoms with Crippen molar-refractivity contribution in [1.29, 1.82) is 5.26 Å². The molecule has 0 unspecified atom stereocenters. The van der Waals surface area contributed by atoms with Crippen molar-refractivity contribution >= 4 is 22.8 Å². The second-order valence-corrected chi connectivity index (χ2v) is 11.0. The molecular weight excluding hydrogens is 567 g/mol. The Labute approximate surface area is 251 Å². The molecular formula is C35H26F3N3O3. The summed E-state index contributed by atoms with van der Waals surface area (Å²) in [5.74, 6) is -1.38. The van der Waals surface area contributed by atoms with Crippen molar-refractivity contribution in [1.82, 2.24) is 9.88 Å². The van der Waals surface area contributed by atoms with E-state index < -0.39 is 17.7 Å². The molecule has 1 aliphatic rings. The number of fused-ring (bicyclic) bond motifs is 1. The van der Waals surface area contributed by atoms with Gasteiger partial charge in [0.25, 0.3) is 5.91 Å². The first-order valence-electron chi connectivity index (χ1n) is 14.1. The van der Waals surface area contributed by atoms with E-state index in [0.717, 1.165) is 58.1 Å². The van der Waals surface area contributed by atoms with Crippen molar-refractivity contribution in [3.63, 3.8) is 0 Å². The fourth-order valence-electron chi connectivity index (χ4n) is 5.42. The highest BCUT2D eigenvalue weighted by atomic mass is 19.4. The number of hydrogen-bond acceptors (Lipinski definition) is 3. The van der Waals surface area contributed by atoms with E-state index in [9.17, 15) is 33.1 Å². The highest BCUT2D eigenvalue weighted by Crippen LogP contribution is 2.42. The molecule has 1 amide bonds. The largest absolute Gasteiger partial charge is 0.478 e. The van der Waals surface area contributed by atoms with Gasteiger partial charge in [-0.05, 0) is 95.6 Å². The van der Waals surface area contributed by atoms with Crippen molar-refractivity contribution in [3.05, 3.63) is 130 Å². The summed E-state index contributed by atoms with van der Waals surface area (Å²) in [6.07, 6.45) is -0.121. The number of hydrogen-bond donors (Lipinski definition) is 2. The Morgan fingerprint density at radius 3 is 2.16 bits per heavy atom. The highest BCUT2D eigenvalue weighted by molar-refractivity contribution is 6.09. The zero-order valence-electron chi connectivity index (χ0n) is 23.4. The van der Waals surface area contributed by atoms with Gasteiger partial charge < -0.3 is 15.0 Å². The van der Waals surface area contributed by atoms with Gasteiger partial charge in [-0.2, -0.15) is 18.4 Å². The maximum Gasteiger partial charge on any atom is 0.416 e. The number of carbonyl (C=O) groups excluding carboxylic acids is 1. The van der Waals surface area contributed by atoms with Gasteiger partial charge in [0.2, 0.25) is 0 Å². The van der Waals surface area contributed by atoms with E-state index in [4.69, 9.17) is 0 Å². The third kappa shape index (κ3) is 5.92. The molecule has 44 heavy (non-hydrogen) atoms. The molecule has 1 aromatic heterocycles. The van der Waals surface area contributed by atoms with Crippen molar-refractivity contribution in [3.8, 4) is 17.2 Å². The van der Waals surface area contributed by atoms with Gasteiger partial charge in [-0.1, -0.05) is 36.4 Å². The zero-order valence-corrected chi connectivity index (χ0v) is 23.4. The molecule has 2 N–H and O–H groups in total. The Balaban J connectivity index is 1.42. The van der Waals surface area contributed by atoms with E-state index in [-0.39, 0.29) is 24.1 Å². The monoisotopic (exact) mass is 593 g/mol. The van der Waals surface area contributed by atoms with Crippen LogP contribution in [-0.4, -0.2) is 21.6 Å². The Morgan fingerprint density at radius 1 is 0.909 bits per heavy atom. The smallest absolute Gasteiger partial charge is 0.416 e. The van der Waals surface area contributed by atoms with E-state index in [1.807, 2.05) is 24.4 Å². The summed E-state index contributed by atoms with van der Waals surface area (Å²) in [5, 5.41) is 22.1. The number of aromatic nitrogens is 1. The lowest BCUT2D eigenvalue weighted by Gasteiger charge is -2.13. The third-order valence-electron chi connectivity index (χ3n) is 7.87. The first kappa shape index (κ1) is 28.7. The third-order valence-corrected chi connectivity index (χ3v) is 7.87. The second-order valence-electron chi connectivity index (χ2n) is 11.0.